The van der Waals surface area contributed by atoms with Gasteiger partial charge < -0.3 is 12.9 Å². The van der Waals surface area contributed by atoms with Crippen molar-refractivity contribution < 1.29 is 64.3 Å². The third-order valence-corrected chi connectivity index (χ3v) is 2.89. The zero-order valence-electron chi connectivity index (χ0n) is 8.72. The van der Waals surface area contributed by atoms with Crippen molar-refractivity contribution in [3.63, 3.8) is 0 Å². The van der Waals surface area contributed by atoms with Crippen LogP contribution in [0.3, 0.4) is 0 Å². The Hall–Kier alpha value is 0.711. The van der Waals surface area contributed by atoms with Gasteiger partial charge in [0.05, 0.1) is 0 Å². The maximum Gasteiger partial charge on any atom is 1.00 e. The molecule has 0 bridgehead atoms. The predicted molar refractivity (Wildman–Crippen MR) is 51.7 cm³/mol. The van der Waals surface area contributed by atoms with E-state index in [0.29, 0.717) is 5.92 Å². The molecule has 0 atom stereocenters. The molecule has 1 aromatic carbocycles. The maximum atomic E-state index is 12.3. The van der Waals surface area contributed by atoms with Crippen molar-refractivity contribution in [1.29, 1.82) is 0 Å². The van der Waals surface area contributed by atoms with Crippen LogP contribution in [0.15, 0.2) is 24.3 Å². The van der Waals surface area contributed by atoms with Gasteiger partial charge in [0.15, 0.2) is 0 Å². The zero-order chi connectivity index (χ0) is 10.2. The molecular formula is C10H11BF3K. The second-order valence-electron chi connectivity index (χ2n) is 3.87. The molecule has 2 rings (SSSR count). The summed E-state index contributed by atoms with van der Waals surface area (Å²) >= 11 is 0. The van der Waals surface area contributed by atoms with Crippen LogP contribution >= 0.6 is 0 Å². The summed E-state index contributed by atoms with van der Waals surface area (Å²) in [6, 6.07) is 5.64. The number of halogens is 3. The molecular weight excluding hydrogens is 227 g/mol. The molecule has 0 amide bonds. The Labute approximate surface area is 130 Å². The van der Waals surface area contributed by atoms with E-state index in [1.807, 2.05) is 0 Å². The SMILES string of the molecule is F[B-](F)(F)c1ccc(C2CCC2)cc1.[K+]. The Morgan fingerprint density at radius 3 is 1.87 bits per heavy atom. The summed E-state index contributed by atoms with van der Waals surface area (Å²) in [5.74, 6) is 0.504. The molecule has 0 spiro atoms. The second kappa shape index (κ2) is 5.36. The van der Waals surface area contributed by atoms with Crippen molar-refractivity contribution in [2.45, 2.75) is 25.2 Å². The zero-order valence-corrected chi connectivity index (χ0v) is 11.8. The van der Waals surface area contributed by atoms with E-state index >= 15 is 0 Å². The van der Waals surface area contributed by atoms with Gasteiger partial charge in [-0.05, 0) is 24.3 Å². The number of hydrogen-bond donors (Lipinski definition) is 0. The molecule has 0 aromatic heterocycles. The maximum absolute atomic E-state index is 12.3. The van der Waals surface area contributed by atoms with E-state index in [1.165, 1.54) is 18.6 Å². The summed E-state index contributed by atoms with van der Waals surface area (Å²) in [5.41, 5.74) is 0.563. The average Bonchev–Trinajstić information content (AvgIpc) is 2.00. The molecule has 1 fully saturated rings. The Morgan fingerprint density at radius 2 is 1.53 bits per heavy atom. The molecule has 5 heteroatoms. The molecule has 0 saturated heterocycles. The van der Waals surface area contributed by atoms with Gasteiger partial charge in [-0.2, -0.15) is 0 Å². The van der Waals surface area contributed by atoms with Crippen molar-refractivity contribution in [2.75, 3.05) is 0 Å². The van der Waals surface area contributed by atoms with E-state index < -0.39 is 12.4 Å². The van der Waals surface area contributed by atoms with Crippen molar-refractivity contribution in [1.82, 2.24) is 0 Å². The molecule has 0 heterocycles. The summed E-state index contributed by atoms with van der Waals surface area (Å²) in [6.07, 6.45) is 3.45. The fourth-order valence-corrected chi connectivity index (χ4v) is 1.73. The molecule has 0 N–H and O–H groups in total. The molecule has 0 radical (unpaired) electrons. The number of hydrogen-bond acceptors (Lipinski definition) is 0. The van der Waals surface area contributed by atoms with E-state index in [4.69, 9.17) is 0 Å². The fourth-order valence-electron chi connectivity index (χ4n) is 1.73. The summed E-state index contributed by atoms with van der Waals surface area (Å²) in [7, 11) is 0. The molecule has 76 valence electrons. The van der Waals surface area contributed by atoms with Gasteiger partial charge in [-0.15, -0.1) is 5.46 Å². The first-order valence-electron chi connectivity index (χ1n) is 4.87. The van der Waals surface area contributed by atoms with E-state index in [1.54, 1.807) is 12.1 Å². The van der Waals surface area contributed by atoms with Crippen molar-refractivity contribution in [2.24, 2.45) is 0 Å². The summed E-state index contributed by atoms with van der Waals surface area (Å²) in [4.78, 5) is 0. The van der Waals surface area contributed by atoms with Crippen molar-refractivity contribution >= 4 is 12.4 Å². The standard InChI is InChI=1S/C10H11BF3.K/c12-11(13,14)10-6-4-9(5-7-10)8-2-1-3-8;/h4-8H,1-3H2;/q-1;+1. The largest absolute Gasteiger partial charge is 1.00 e. The number of rotatable bonds is 2. The van der Waals surface area contributed by atoms with Gasteiger partial charge in [0, 0.05) is 0 Å². The summed E-state index contributed by atoms with van der Waals surface area (Å²) < 4.78 is 36.8. The minimum atomic E-state index is -4.83. The van der Waals surface area contributed by atoms with Gasteiger partial charge in [0.2, 0.25) is 0 Å². The van der Waals surface area contributed by atoms with E-state index in [2.05, 4.69) is 0 Å². The van der Waals surface area contributed by atoms with Crippen LogP contribution in [0, 0.1) is 0 Å². The quantitative estimate of drug-likeness (QED) is 0.637. The molecule has 0 unspecified atom stereocenters. The third-order valence-electron chi connectivity index (χ3n) is 2.89. The van der Waals surface area contributed by atoms with Gasteiger partial charge >= 0.3 is 58.4 Å². The van der Waals surface area contributed by atoms with Gasteiger partial charge in [-0.25, -0.2) is 0 Å². The van der Waals surface area contributed by atoms with Crippen LogP contribution in [-0.2, 0) is 0 Å². The van der Waals surface area contributed by atoms with Crippen LogP contribution in [0.2, 0.25) is 0 Å². The normalized spacial score (nSPS) is 16.7. The smallest absolute Gasteiger partial charge is 0.445 e. The molecule has 1 aliphatic rings. The van der Waals surface area contributed by atoms with Crippen LogP contribution in [0.1, 0.15) is 30.7 Å². The Morgan fingerprint density at radius 1 is 1.00 bits per heavy atom. The van der Waals surface area contributed by atoms with Gasteiger partial charge in [-0.3, -0.25) is 0 Å². The fraction of sp³-hybridized carbons (Fsp3) is 0.400. The molecule has 1 saturated carbocycles. The monoisotopic (exact) mass is 238 g/mol. The van der Waals surface area contributed by atoms with Crippen LogP contribution in [-0.4, -0.2) is 6.98 Å². The van der Waals surface area contributed by atoms with Gasteiger partial charge in [0.1, 0.15) is 0 Å². The average molecular weight is 238 g/mol. The molecule has 1 aliphatic carbocycles. The Kier molecular flexibility index (Phi) is 4.92. The van der Waals surface area contributed by atoms with E-state index in [-0.39, 0.29) is 51.4 Å². The Balaban J connectivity index is 0.00000112. The van der Waals surface area contributed by atoms with E-state index in [0.717, 1.165) is 18.4 Å². The molecule has 0 aliphatic heterocycles. The molecule has 15 heavy (non-hydrogen) atoms. The Bertz CT molecular complexity index is 316. The van der Waals surface area contributed by atoms with Gasteiger partial charge in [-0.1, -0.05) is 30.7 Å². The predicted octanol–water partition coefficient (Wildman–Crippen LogP) is 0.0125. The second-order valence-corrected chi connectivity index (χ2v) is 3.87. The first-order valence-corrected chi connectivity index (χ1v) is 4.87. The van der Waals surface area contributed by atoms with Crippen LogP contribution < -0.4 is 56.8 Å². The molecule has 0 nitrogen and oxygen atoms in total. The third kappa shape index (κ3) is 3.33. The molecule has 1 aromatic rings. The van der Waals surface area contributed by atoms with Crippen molar-refractivity contribution in [3.05, 3.63) is 29.8 Å². The summed E-state index contributed by atoms with van der Waals surface area (Å²) in [5, 5.41) is 0. The summed E-state index contributed by atoms with van der Waals surface area (Å²) in [6.45, 7) is -4.83. The van der Waals surface area contributed by atoms with E-state index in [9.17, 15) is 12.9 Å². The van der Waals surface area contributed by atoms with Crippen LogP contribution in [0.25, 0.3) is 0 Å². The minimum absolute atomic E-state index is 0. The number of benzene rings is 1. The minimum Gasteiger partial charge on any atom is -0.445 e. The van der Waals surface area contributed by atoms with Gasteiger partial charge in [0.25, 0.3) is 0 Å². The van der Waals surface area contributed by atoms with Crippen LogP contribution in [0.4, 0.5) is 12.9 Å². The first kappa shape index (κ1) is 13.8. The first-order chi connectivity index (χ1) is 6.57. The van der Waals surface area contributed by atoms with Crippen LogP contribution in [0.5, 0.6) is 0 Å². The topological polar surface area (TPSA) is 0 Å². The van der Waals surface area contributed by atoms with Crippen molar-refractivity contribution in [3.8, 4) is 0 Å².